The van der Waals surface area contributed by atoms with Crippen molar-refractivity contribution in [2.75, 3.05) is 0 Å². The monoisotopic (exact) mass is 467 g/mol. The number of hydrogen-bond acceptors (Lipinski definition) is 2. The molecule has 2 aliphatic carbocycles. The first-order chi connectivity index (χ1) is 15.0. The highest BCUT2D eigenvalue weighted by molar-refractivity contribution is 7.85. The topological polar surface area (TPSA) is 38.7 Å². The van der Waals surface area contributed by atoms with Gasteiger partial charge in [0.2, 0.25) is 0 Å². The highest BCUT2D eigenvalue weighted by Gasteiger charge is 2.59. The van der Waals surface area contributed by atoms with E-state index in [0.717, 1.165) is 12.8 Å². The van der Waals surface area contributed by atoms with Crippen LogP contribution < -0.4 is 10.4 Å². The molecule has 4 rings (SSSR count). The van der Waals surface area contributed by atoms with Gasteiger partial charge in [0.05, 0.1) is 4.75 Å². The summed E-state index contributed by atoms with van der Waals surface area (Å²) in [5.74, 6) is 1.72. The van der Waals surface area contributed by atoms with Crippen molar-refractivity contribution in [1.29, 1.82) is 0 Å². The van der Waals surface area contributed by atoms with E-state index in [9.17, 15) is 4.21 Å². The van der Waals surface area contributed by atoms with Gasteiger partial charge < -0.3 is 4.43 Å². The second kappa shape index (κ2) is 8.66. The van der Waals surface area contributed by atoms with Gasteiger partial charge in [-0.25, -0.2) is 4.21 Å². The summed E-state index contributed by atoms with van der Waals surface area (Å²) in [7, 11) is -3.66. The standard InChI is InChI=1S/C27H37NO2SSi/c1-26(2,3)31(29)28-19-25-23-17-20(18-24(23)25)30-32(27(4,5)6,21-13-9-7-10-14-21)22-15-11-8-12-16-22/h7-16,19-20,23-25H,17-18H2,1-6H3/t20?,23-,24+,25?,31-/m0/s1. The molecule has 172 valence electrons. The Morgan fingerprint density at radius 3 is 1.75 bits per heavy atom. The Hall–Kier alpha value is -1.56. The van der Waals surface area contributed by atoms with Crippen molar-refractivity contribution in [3.8, 4) is 0 Å². The maximum Gasteiger partial charge on any atom is 0.261 e. The van der Waals surface area contributed by atoms with Crippen LogP contribution in [-0.4, -0.2) is 29.6 Å². The lowest BCUT2D eigenvalue weighted by atomic mass is 10.1. The summed E-state index contributed by atoms with van der Waals surface area (Å²) in [6.45, 7) is 12.9. The van der Waals surface area contributed by atoms with E-state index in [0.29, 0.717) is 17.8 Å². The van der Waals surface area contributed by atoms with E-state index in [1.165, 1.54) is 10.4 Å². The second-order valence-corrected chi connectivity index (χ2v) is 17.6. The Kier molecular flexibility index (Phi) is 6.38. The van der Waals surface area contributed by atoms with Gasteiger partial charge in [0.1, 0.15) is 11.0 Å². The first kappa shape index (κ1) is 23.6. The fourth-order valence-electron chi connectivity index (χ4n) is 5.38. The third kappa shape index (κ3) is 4.44. The second-order valence-electron chi connectivity index (χ2n) is 11.4. The summed E-state index contributed by atoms with van der Waals surface area (Å²) in [6.07, 6.45) is 4.41. The average Bonchev–Trinajstić information content (AvgIpc) is 3.20. The van der Waals surface area contributed by atoms with Gasteiger partial charge in [0.15, 0.2) is 0 Å². The molecular weight excluding hydrogens is 430 g/mol. The third-order valence-corrected chi connectivity index (χ3v) is 13.5. The number of nitrogens with zero attached hydrogens (tertiary/aromatic N) is 1. The maximum atomic E-state index is 12.3. The zero-order chi connectivity index (χ0) is 23.1. The van der Waals surface area contributed by atoms with Gasteiger partial charge in [-0.1, -0.05) is 81.4 Å². The molecule has 0 N–H and O–H groups in total. The minimum Gasteiger partial charge on any atom is -0.404 e. The van der Waals surface area contributed by atoms with Gasteiger partial charge >= 0.3 is 0 Å². The van der Waals surface area contributed by atoms with Gasteiger partial charge in [-0.15, -0.1) is 0 Å². The number of rotatable bonds is 6. The molecular formula is C27H37NO2SSi. The summed E-state index contributed by atoms with van der Waals surface area (Å²) >= 11 is 0. The Morgan fingerprint density at radius 1 is 0.875 bits per heavy atom. The normalized spacial score (nSPS) is 26.8. The molecule has 0 spiro atoms. The minimum atomic E-state index is -2.49. The summed E-state index contributed by atoms with van der Waals surface area (Å²) in [6, 6.07) is 21.8. The van der Waals surface area contributed by atoms with E-state index in [1.807, 2.05) is 27.0 Å². The molecule has 2 fully saturated rings. The van der Waals surface area contributed by atoms with Gasteiger partial charge in [0, 0.05) is 18.2 Å². The number of hydrogen-bond donors (Lipinski definition) is 0. The van der Waals surface area contributed by atoms with Crippen LogP contribution in [0.2, 0.25) is 5.04 Å². The molecule has 3 nitrogen and oxygen atoms in total. The fraction of sp³-hybridized carbons (Fsp3) is 0.519. The predicted octanol–water partition coefficient (Wildman–Crippen LogP) is 5.12. The highest BCUT2D eigenvalue weighted by Crippen LogP contribution is 2.58. The summed E-state index contributed by atoms with van der Waals surface area (Å²) in [4.78, 5) is 0. The molecule has 5 atom stereocenters. The molecule has 32 heavy (non-hydrogen) atoms. The average molecular weight is 468 g/mol. The van der Waals surface area contributed by atoms with Crippen LogP contribution in [0.5, 0.6) is 0 Å². The fourth-order valence-corrected chi connectivity index (χ4v) is 10.7. The predicted molar refractivity (Wildman–Crippen MR) is 139 cm³/mol. The van der Waals surface area contributed by atoms with Crippen molar-refractivity contribution in [1.82, 2.24) is 0 Å². The largest absolute Gasteiger partial charge is 0.404 e. The quantitative estimate of drug-likeness (QED) is 0.437. The molecule has 2 aromatic carbocycles. The summed E-state index contributed by atoms with van der Waals surface area (Å²) in [5.41, 5.74) is 0. The molecule has 2 aromatic rings. The maximum absolute atomic E-state index is 12.3. The molecule has 2 aliphatic rings. The van der Waals surface area contributed by atoms with Gasteiger partial charge in [0.25, 0.3) is 8.32 Å². The Morgan fingerprint density at radius 2 is 1.34 bits per heavy atom. The highest BCUT2D eigenvalue weighted by atomic mass is 32.2. The van der Waals surface area contributed by atoms with E-state index < -0.39 is 19.3 Å². The van der Waals surface area contributed by atoms with Crippen molar-refractivity contribution in [2.45, 2.75) is 70.3 Å². The van der Waals surface area contributed by atoms with Crippen LogP contribution in [0.25, 0.3) is 0 Å². The molecule has 0 bridgehead atoms. The molecule has 0 amide bonds. The molecule has 0 aliphatic heterocycles. The van der Waals surface area contributed by atoms with Crippen molar-refractivity contribution < 1.29 is 8.63 Å². The molecule has 0 heterocycles. The Balaban J connectivity index is 1.56. The molecule has 5 heteroatoms. The van der Waals surface area contributed by atoms with Crippen LogP contribution in [0, 0.1) is 17.8 Å². The van der Waals surface area contributed by atoms with E-state index >= 15 is 0 Å². The van der Waals surface area contributed by atoms with Gasteiger partial charge in [-0.05, 0) is 60.9 Å². The lowest BCUT2D eigenvalue weighted by Crippen LogP contribution is -2.67. The van der Waals surface area contributed by atoms with Crippen molar-refractivity contribution in [3.05, 3.63) is 60.7 Å². The zero-order valence-electron chi connectivity index (χ0n) is 20.2. The van der Waals surface area contributed by atoms with Gasteiger partial charge in [-0.3, -0.25) is 0 Å². The van der Waals surface area contributed by atoms with E-state index in [1.54, 1.807) is 0 Å². The Labute approximate surface area is 197 Å². The SMILES string of the molecule is CC(C)(C)[S@](=O)N=CC1[C@H]2CC(O[Si](c3ccccc3)(c3ccccc3)C(C)(C)C)C[C@@H]12. The number of fused-ring (bicyclic) bond motifs is 1. The summed E-state index contributed by atoms with van der Waals surface area (Å²) in [5, 5.41) is 2.70. The van der Waals surface area contributed by atoms with Crippen LogP contribution in [0.3, 0.4) is 0 Å². The molecule has 0 aromatic heterocycles. The first-order valence-corrected chi connectivity index (χ1v) is 14.8. The van der Waals surface area contributed by atoms with Crippen molar-refractivity contribution >= 4 is 35.9 Å². The van der Waals surface area contributed by atoms with Crippen LogP contribution >= 0.6 is 0 Å². The van der Waals surface area contributed by atoms with Crippen LogP contribution in [0.4, 0.5) is 0 Å². The van der Waals surface area contributed by atoms with Crippen molar-refractivity contribution in [2.24, 2.45) is 22.2 Å². The molecule has 2 saturated carbocycles. The minimum absolute atomic E-state index is 0.00690. The zero-order valence-corrected chi connectivity index (χ0v) is 22.1. The Bertz CT molecular complexity index is 927. The van der Waals surface area contributed by atoms with E-state index in [-0.39, 0.29) is 15.9 Å². The number of benzene rings is 2. The lowest BCUT2D eigenvalue weighted by Gasteiger charge is -2.45. The summed E-state index contributed by atoms with van der Waals surface area (Å²) < 4.78 is 23.7. The molecule has 0 saturated heterocycles. The first-order valence-electron chi connectivity index (χ1n) is 11.8. The van der Waals surface area contributed by atoms with Crippen LogP contribution in [0.15, 0.2) is 65.1 Å². The molecule has 0 radical (unpaired) electrons. The smallest absolute Gasteiger partial charge is 0.261 e. The van der Waals surface area contributed by atoms with Crippen LogP contribution in [-0.2, 0) is 15.4 Å². The van der Waals surface area contributed by atoms with E-state index in [2.05, 4.69) is 85.8 Å². The van der Waals surface area contributed by atoms with Crippen molar-refractivity contribution in [3.63, 3.8) is 0 Å². The molecule has 2 unspecified atom stereocenters. The lowest BCUT2D eigenvalue weighted by molar-refractivity contribution is 0.177. The van der Waals surface area contributed by atoms with Crippen LogP contribution in [0.1, 0.15) is 54.4 Å². The third-order valence-electron chi connectivity index (χ3n) is 7.08. The van der Waals surface area contributed by atoms with Gasteiger partial charge in [-0.2, -0.15) is 4.40 Å². The van der Waals surface area contributed by atoms with E-state index in [4.69, 9.17) is 4.43 Å².